The standard InChI is InChI=1S/C17H13N3O4/c18-15(22)13-8-11-6-7-12(21)9-14(11)24-17(13)20-19-16(23)10-4-2-1-3-5-10/h1-9,21H,(H2,18,22)(H,19,23)/b20-17+. The fraction of sp³-hybridized carbons (Fsp3) is 0. The molecule has 1 aromatic heterocycles. The number of carbonyl (C=O) groups excluding carboxylic acids is 2. The Morgan fingerprint density at radius 1 is 1.08 bits per heavy atom. The van der Waals surface area contributed by atoms with E-state index in [4.69, 9.17) is 10.2 Å². The van der Waals surface area contributed by atoms with E-state index in [9.17, 15) is 14.7 Å². The number of benzene rings is 2. The summed E-state index contributed by atoms with van der Waals surface area (Å²) in [6.45, 7) is 0. The second kappa shape index (κ2) is 6.25. The number of nitrogens with one attached hydrogen (secondary N) is 1. The number of hydrogen-bond acceptors (Lipinski definition) is 5. The minimum atomic E-state index is -0.749. The van der Waals surface area contributed by atoms with E-state index >= 15 is 0 Å². The highest BCUT2D eigenvalue weighted by Gasteiger charge is 2.10. The summed E-state index contributed by atoms with van der Waals surface area (Å²) in [6.07, 6.45) is 0. The molecule has 0 unspecified atom stereocenters. The van der Waals surface area contributed by atoms with Crippen molar-refractivity contribution in [2.75, 3.05) is 0 Å². The molecule has 3 aromatic rings. The van der Waals surface area contributed by atoms with Gasteiger partial charge < -0.3 is 15.3 Å². The summed E-state index contributed by atoms with van der Waals surface area (Å²) in [6, 6.07) is 14.3. The molecule has 2 aromatic carbocycles. The van der Waals surface area contributed by atoms with Crippen molar-refractivity contribution in [1.82, 2.24) is 5.43 Å². The average molecular weight is 323 g/mol. The molecule has 0 fully saturated rings. The number of carbonyl (C=O) groups is 2. The zero-order chi connectivity index (χ0) is 17.1. The predicted octanol–water partition coefficient (Wildman–Crippen LogP) is 1.48. The van der Waals surface area contributed by atoms with Gasteiger partial charge in [0, 0.05) is 17.0 Å². The van der Waals surface area contributed by atoms with Crippen molar-refractivity contribution < 1.29 is 19.1 Å². The maximum Gasteiger partial charge on any atom is 0.271 e. The molecule has 1 heterocycles. The van der Waals surface area contributed by atoms with E-state index in [2.05, 4.69) is 10.5 Å². The van der Waals surface area contributed by atoms with Gasteiger partial charge in [-0.25, -0.2) is 5.43 Å². The highest BCUT2D eigenvalue weighted by atomic mass is 16.3. The third kappa shape index (κ3) is 3.09. The van der Waals surface area contributed by atoms with Gasteiger partial charge in [0.2, 0.25) is 5.55 Å². The Morgan fingerprint density at radius 3 is 2.54 bits per heavy atom. The maximum atomic E-state index is 12.0. The largest absolute Gasteiger partial charge is 0.508 e. The zero-order valence-electron chi connectivity index (χ0n) is 12.4. The Morgan fingerprint density at radius 2 is 1.83 bits per heavy atom. The van der Waals surface area contributed by atoms with Gasteiger partial charge in [-0.15, -0.1) is 5.10 Å². The summed E-state index contributed by atoms with van der Waals surface area (Å²) in [5.41, 5.74) is 8.21. The van der Waals surface area contributed by atoms with Crippen LogP contribution in [0.3, 0.4) is 0 Å². The van der Waals surface area contributed by atoms with Gasteiger partial charge >= 0.3 is 0 Å². The molecule has 7 nitrogen and oxygen atoms in total. The molecule has 0 bridgehead atoms. The van der Waals surface area contributed by atoms with Crippen molar-refractivity contribution in [3.05, 3.63) is 71.3 Å². The first-order valence-electron chi connectivity index (χ1n) is 7.00. The van der Waals surface area contributed by atoms with Gasteiger partial charge in [-0.1, -0.05) is 18.2 Å². The van der Waals surface area contributed by atoms with E-state index in [1.807, 2.05) is 0 Å². The lowest BCUT2D eigenvalue weighted by Crippen LogP contribution is -2.27. The van der Waals surface area contributed by atoms with Crippen LogP contribution in [-0.4, -0.2) is 16.9 Å². The Balaban J connectivity index is 2.04. The van der Waals surface area contributed by atoms with Gasteiger partial charge in [0.1, 0.15) is 16.9 Å². The molecule has 0 radical (unpaired) electrons. The number of phenols is 1. The summed E-state index contributed by atoms with van der Waals surface area (Å²) in [7, 11) is 0. The minimum absolute atomic E-state index is 0.00246. The maximum absolute atomic E-state index is 12.0. The molecule has 120 valence electrons. The monoisotopic (exact) mass is 323 g/mol. The average Bonchev–Trinajstić information content (AvgIpc) is 2.59. The number of aromatic hydroxyl groups is 1. The number of hydrogen-bond donors (Lipinski definition) is 3. The lowest BCUT2D eigenvalue weighted by molar-refractivity contribution is 0.0946. The minimum Gasteiger partial charge on any atom is -0.508 e. The molecule has 2 amide bonds. The van der Waals surface area contributed by atoms with Crippen molar-refractivity contribution in [1.29, 1.82) is 0 Å². The number of fused-ring (bicyclic) bond motifs is 1. The second-order valence-corrected chi connectivity index (χ2v) is 4.97. The van der Waals surface area contributed by atoms with Crippen LogP contribution >= 0.6 is 0 Å². The molecule has 0 atom stereocenters. The summed E-state index contributed by atoms with van der Waals surface area (Å²) in [4.78, 5) is 23.6. The number of phenolic OH excluding ortho intramolecular Hbond substituents is 1. The SMILES string of the molecule is NC(=O)c1cc2ccc(O)cc2o/c1=N/NC(=O)c1ccccc1. The van der Waals surface area contributed by atoms with Crippen LogP contribution in [0.1, 0.15) is 20.7 Å². The third-order valence-corrected chi connectivity index (χ3v) is 3.29. The number of amides is 2. The van der Waals surface area contributed by atoms with Crippen molar-refractivity contribution in [2.24, 2.45) is 10.8 Å². The highest BCUT2D eigenvalue weighted by Crippen LogP contribution is 2.19. The van der Waals surface area contributed by atoms with Crippen LogP contribution in [0.5, 0.6) is 5.75 Å². The molecular formula is C17H13N3O4. The first-order valence-corrected chi connectivity index (χ1v) is 7.00. The molecule has 7 heteroatoms. The van der Waals surface area contributed by atoms with Crippen LogP contribution < -0.4 is 16.7 Å². The lowest BCUT2D eigenvalue weighted by atomic mass is 10.1. The molecule has 0 saturated heterocycles. The van der Waals surface area contributed by atoms with Gasteiger partial charge in [-0.05, 0) is 30.3 Å². The quantitative estimate of drug-likeness (QED) is 0.633. The van der Waals surface area contributed by atoms with E-state index in [0.717, 1.165) is 0 Å². The van der Waals surface area contributed by atoms with Crippen molar-refractivity contribution in [3.63, 3.8) is 0 Å². The molecule has 0 spiro atoms. The summed E-state index contributed by atoms with van der Waals surface area (Å²) >= 11 is 0. The van der Waals surface area contributed by atoms with Gasteiger partial charge in [0.25, 0.3) is 11.8 Å². The Kier molecular flexibility index (Phi) is 3.98. The Labute approximate surface area is 136 Å². The van der Waals surface area contributed by atoms with E-state index in [1.54, 1.807) is 36.4 Å². The summed E-state index contributed by atoms with van der Waals surface area (Å²) in [5.74, 6) is -1.21. The first-order chi connectivity index (χ1) is 11.5. The topological polar surface area (TPSA) is 118 Å². The van der Waals surface area contributed by atoms with Crippen LogP contribution in [0.25, 0.3) is 11.0 Å². The van der Waals surface area contributed by atoms with Crippen LogP contribution in [0.4, 0.5) is 0 Å². The van der Waals surface area contributed by atoms with Gasteiger partial charge in [0.05, 0.1) is 0 Å². The third-order valence-electron chi connectivity index (χ3n) is 3.29. The van der Waals surface area contributed by atoms with Gasteiger partial charge in [-0.2, -0.15) is 0 Å². The lowest BCUT2D eigenvalue weighted by Gasteiger charge is -2.03. The molecule has 24 heavy (non-hydrogen) atoms. The fourth-order valence-corrected chi connectivity index (χ4v) is 2.12. The van der Waals surface area contributed by atoms with Crippen LogP contribution in [-0.2, 0) is 0 Å². The van der Waals surface area contributed by atoms with E-state index < -0.39 is 11.8 Å². The van der Waals surface area contributed by atoms with Crippen molar-refractivity contribution in [3.8, 4) is 5.75 Å². The fourth-order valence-electron chi connectivity index (χ4n) is 2.12. The Bertz CT molecular complexity index is 994. The van der Waals surface area contributed by atoms with Crippen LogP contribution in [0, 0.1) is 0 Å². The molecule has 0 saturated carbocycles. The van der Waals surface area contributed by atoms with Gasteiger partial charge in [-0.3, -0.25) is 9.59 Å². The number of nitrogens with zero attached hydrogens (tertiary/aromatic N) is 1. The zero-order valence-corrected chi connectivity index (χ0v) is 12.4. The molecule has 0 aliphatic carbocycles. The molecule has 0 aliphatic heterocycles. The van der Waals surface area contributed by atoms with Crippen LogP contribution in [0.2, 0.25) is 0 Å². The molecule has 3 rings (SSSR count). The first kappa shape index (κ1) is 15.3. The molecule has 4 N–H and O–H groups in total. The summed E-state index contributed by atoms with van der Waals surface area (Å²) in [5, 5.41) is 13.9. The van der Waals surface area contributed by atoms with Crippen LogP contribution in [0.15, 0.2) is 64.1 Å². The highest BCUT2D eigenvalue weighted by molar-refractivity contribution is 5.96. The molecular weight excluding hydrogens is 310 g/mol. The smallest absolute Gasteiger partial charge is 0.271 e. The Hall–Kier alpha value is -3.61. The summed E-state index contributed by atoms with van der Waals surface area (Å²) < 4.78 is 5.48. The number of rotatable bonds is 3. The molecule has 0 aliphatic rings. The van der Waals surface area contributed by atoms with Crippen molar-refractivity contribution >= 4 is 22.8 Å². The second-order valence-electron chi connectivity index (χ2n) is 4.97. The van der Waals surface area contributed by atoms with E-state index in [1.165, 1.54) is 18.2 Å². The van der Waals surface area contributed by atoms with Crippen molar-refractivity contribution in [2.45, 2.75) is 0 Å². The number of nitrogens with two attached hydrogens (primary N) is 1. The van der Waals surface area contributed by atoms with E-state index in [0.29, 0.717) is 16.5 Å². The normalized spacial score (nSPS) is 11.4. The van der Waals surface area contributed by atoms with E-state index in [-0.39, 0.29) is 16.9 Å². The van der Waals surface area contributed by atoms with Gasteiger partial charge in [0.15, 0.2) is 0 Å². The number of primary amides is 1. The predicted molar refractivity (Wildman–Crippen MR) is 85.9 cm³/mol.